The van der Waals surface area contributed by atoms with Crippen molar-refractivity contribution in [3.05, 3.63) is 50.8 Å². The number of carbonyl (C=O) groups excluding carboxylic acids is 3. The standard InChI is InChI=1S/C22H23N3O5S2/c1-4-30-17-7-5-15(11-18(17)29-3)12-19-21(27)25(22(28)32-19)10-9-23-20(26)8-6-16-13-31-14(2)24-16/h5-8,11-13H,4,9-10H2,1-3H3,(H,23,26)/b8-6+,19-12-. The fraction of sp³-hybridized carbons (Fsp3) is 0.273. The van der Waals surface area contributed by atoms with Gasteiger partial charge in [0.2, 0.25) is 5.91 Å². The third-order valence-corrected chi connectivity index (χ3v) is 6.03. The minimum Gasteiger partial charge on any atom is -0.493 e. The van der Waals surface area contributed by atoms with Crippen molar-refractivity contribution >= 4 is 52.3 Å². The predicted octanol–water partition coefficient (Wildman–Crippen LogP) is 3.72. The summed E-state index contributed by atoms with van der Waals surface area (Å²) in [7, 11) is 1.54. The second-order valence-electron chi connectivity index (χ2n) is 6.59. The number of thioether (sulfide) groups is 1. The fourth-order valence-corrected chi connectivity index (χ4v) is 4.31. The van der Waals surface area contributed by atoms with Gasteiger partial charge in [0, 0.05) is 24.5 Å². The summed E-state index contributed by atoms with van der Waals surface area (Å²) in [6, 6.07) is 5.29. The third-order valence-electron chi connectivity index (χ3n) is 4.34. The van der Waals surface area contributed by atoms with Gasteiger partial charge in [-0.2, -0.15) is 0 Å². The molecule has 3 rings (SSSR count). The van der Waals surface area contributed by atoms with Crippen LogP contribution in [0.1, 0.15) is 23.2 Å². The normalized spacial score (nSPS) is 15.1. The third kappa shape index (κ3) is 5.98. The Morgan fingerprint density at radius 1 is 1.28 bits per heavy atom. The van der Waals surface area contributed by atoms with E-state index >= 15 is 0 Å². The molecule has 1 aliphatic rings. The topological polar surface area (TPSA) is 97.8 Å². The number of methoxy groups -OCH3 is 1. The van der Waals surface area contributed by atoms with Crippen molar-refractivity contribution in [2.24, 2.45) is 0 Å². The maximum Gasteiger partial charge on any atom is 0.293 e. The van der Waals surface area contributed by atoms with Gasteiger partial charge in [-0.15, -0.1) is 11.3 Å². The van der Waals surface area contributed by atoms with Gasteiger partial charge in [-0.3, -0.25) is 19.3 Å². The van der Waals surface area contributed by atoms with Crippen molar-refractivity contribution in [2.75, 3.05) is 26.8 Å². The van der Waals surface area contributed by atoms with Crippen LogP contribution in [0.4, 0.5) is 4.79 Å². The van der Waals surface area contributed by atoms with Crippen LogP contribution in [0.15, 0.2) is 34.6 Å². The second kappa shape index (κ2) is 11.0. The average Bonchev–Trinajstić information content (AvgIpc) is 3.31. The molecule has 1 aromatic heterocycles. The summed E-state index contributed by atoms with van der Waals surface area (Å²) < 4.78 is 10.8. The number of benzene rings is 1. The van der Waals surface area contributed by atoms with Crippen LogP contribution in [-0.2, 0) is 9.59 Å². The molecule has 0 radical (unpaired) electrons. The number of carbonyl (C=O) groups is 3. The van der Waals surface area contributed by atoms with Gasteiger partial charge < -0.3 is 14.8 Å². The Morgan fingerprint density at radius 2 is 2.09 bits per heavy atom. The van der Waals surface area contributed by atoms with E-state index in [0.29, 0.717) is 34.3 Å². The Hall–Kier alpha value is -3.11. The maximum absolute atomic E-state index is 12.7. The maximum atomic E-state index is 12.7. The van der Waals surface area contributed by atoms with E-state index in [-0.39, 0.29) is 24.2 Å². The number of ether oxygens (including phenoxy) is 2. The van der Waals surface area contributed by atoms with Crippen LogP contribution in [0.5, 0.6) is 11.5 Å². The second-order valence-corrected chi connectivity index (χ2v) is 8.65. The predicted molar refractivity (Wildman–Crippen MR) is 126 cm³/mol. The van der Waals surface area contributed by atoms with Crippen LogP contribution >= 0.6 is 23.1 Å². The highest BCUT2D eigenvalue weighted by Gasteiger charge is 2.34. The molecular formula is C22H23N3O5S2. The van der Waals surface area contributed by atoms with E-state index in [4.69, 9.17) is 9.47 Å². The van der Waals surface area contributed by atoms with Crippen molar-refractivity contribution < 1.29 is 23.9 Å². The zero-order chi connectivity index (χ0) is 23.1. The molecule has 2 aromatic rings. The Balaban J connectivity index is 1.57. The molecule has 0 aliphatic carbocycles. The molecule has 0 atom stereocenters. The smallest absolute Gasteiger partial charge is 0.293 e. The SMILES string of the molecule is CCOc1ccc(/C=C2\SC(=O)N(CCNC(=O)/C=C/c3csc(C)n3)C2=O)cc1OC. The lowest BCUT2D eigenvalue weighted by molar-refractivity contribution is -0.123. The Morgan fingerprint density at radius 3 is 2.78 bits per heavy atom. The number of aromatic nitrogens is 1. The number of nitrogens with one attached hydrogen (secondary N) is 1. The monoisotopic (exact) mass is 473 g/mol. The largest absolute Gasteiger partial charge is 0.493 e. The molecule has 0 bridgehead atoms. The minimum absolute atomic E-state index is 0.0873. The van der Waals surface area contributed by atoms with Crippen LogP contribution < -0.4 is 14.8 Å². The molecule has 3 amide bonds. The summed E-state index contributed by atoms with van der Waals surface area (Å²) in [6.07, 6.45) is 4.63. The van der Waals surface area contributed by atoms with Gasteiger partial charge in [-0.05, 0) is 55.5 Å². The number of aryl methyl sites for hydroxylation is 1. The zero-order valence-electron chi connectivity index (χ0n) is 17.9. The number of thiazole rings is 1. The molecular weight excluding hydrogens is 450 g/mol. The Kier molecular flexibility index (Phi) is 8.07. The quantitative estimate of drug-likeness (QED) is 0.554. The fourth-order valence-electron chi connectivity index (χ4n) is 2.86. The molecule has 168 valence electrons. The van der Waals surface area contributed by atoms with E-state index in [1.165, 1.54) is 24.5 Å². The average molecular weight is 474 g/mol. The zero-order valence-corrected chi connectivity index (χ0v) is 19.5. The van der Waals surface area contributed by atoms with Gasteiger partial charge in [0.15, 0.2) is 11.5 Å². The molecule has 1 saturated heterocycles. The van der Waals surface area contributed by atoms with Crippen LogP contribution in [0.2, 0.25) is 0 Å². The first-order valence-corrected chi connectivity index (χ1v) is 11.5. The molecule has 1 aliphatic heterocycles. The van der Waals surface area contributed by atoms with Gasteiger partial charge in [-0.25, -0.2) is 4.98 Å². The van der Waals surface area contributed by atoms with Crippen molar-refractivity contribution in [3.63, 3.8) is 0 Å². The molecule has 1 fully saturated rings. The summed E-state index contributed by atoms with van der Waals surface area (Å²) in [5.41, 5.74) is 1.43. The van der Waals surface area contributed by atoms with Crippen LogP contribution in [0.25, 0.3) is 12.2 Å². The lowest BCUT2D eigenvalue weighted by atomic mass is 10.2. The van der Waals surface area contributed by atoms with E-state index in [1.54, 1.807) is 30.4 Å². The number of hydrogen-bond donors (Lipinski definition) is 1. The molecule has 0 unspecified atom stereocenters. The Labute approximate surface area is 194 Å². The lowest BCUT2D eigenvalue weighted by Crippen LogP contribution is -2.36. The van der Waals surface area contributed by atoms with Gasteiger partial charge in [0.05, 0.1) is 29.3 Å². The van der Waals surface area contributed by atoms with Gasteiger partial charge in [0.1, 0.15) is 0 Å². The summed E-state index contributed by atoms with van der Waals surface area (Å²) in [4.78, 5) is 42.6. The number of rotatable bonds is 9. The molecule has 8 nitrogen and oxygen atoms in total. The van der Waals surface area contributed by atoms with E-state index < -0.39 is 5.91 Å². The van der Waals surface area contributed by atoms with Gasteiger partial charge >= 0.3 is 0 Å². The van der Waals surface area contributed by atoms with Crippen molar-refractivity contribution in [3.8, 4) is 11.5 Å². The summed E-state index contributed by atoms with van der Waals surface area (Å²) in [5.74, 6) is 0.439. The van der Waals surface area contributed by atoms with Crippen LogP contribution in [-0.4, -0.2) is 53.7 Å². The summed E-state index contributed by atoms with van der Waals surface area (Å²) in [5, 5.41) is 5.07. The first kappa shape index (κ1) is 23.6. The summed E-state index contributed by atoms with van der Waals surface area (Å²) >= 11 is 2.37. The molecule has 0 spiro atoms. The number of hydrogen-bond acceptors (Lipinski definition) is 8. The van der Waals surface area contributed by atoms with Crippen molar-refractivity contribution in [2.45, 2.75) is 13.8 Å². The molecule has 32 heavy (non-hydrogen) atoms. The van der Waals surface area contributed by atoms with E-state index in [9.17, 15) is 14.4 Å². The first-order valence-electron chi connectivity index (χ1n) is 9.85. The molecule has 0 saturated carbocycles. The van der Waals surface area contributed by atoms with E-state index in [2.05, 4.69) is 10.3 Å². The van der Waals surface area contributed by atoms with Crippen molar-refractivity contribution in [1.82, 2.24) is 15.2 Å². The van der Waals surface area contributed by atoms with Crippen LogP contribution in [0, 0.1) is 6.92 Å². The number of amides is 3. The first-order chi connectivity index (χ1) is 15.4. The van der Waals surface area contributed by atoms with Crippen LogP contribution in [0.3, 0.4) is 0 Å². The highest BCUT2D eigenvalue weighted by molar-refractivity contribution is 8.18. The summed E-state index contributed by atoms with van der Waals surface area (Å²) in [6.45, 7) is 4.51. The Bertz CT molecular complexity index is 1080. The number of imide groups is 1. The van der Waals surface area contributed by atoms with Gasteiger partial charge in [-0.1, -0.05) is 6.07 Å². The van der Waals surface area contributed by atoms with Crippen molar-refractivity contribution in [1.29, 1.82) is 0 Å². The number of nitrogens with zero attached hydrogens (tertiary/aromatic N) is 2. The highest BCUT2D eigenvalue weighted by Crippen LogP contribution is 2.34. The molecule has 1 aromatic carbocycles. The van der Waals surface area contributed by atoms with E-state index in [0.717, 1.165) is 21.7 Å². The molecule has 2 heterocycles. The molecule has 10 heteroatoms. The molecule has 1 N–H and O–H groups in total. The lowest BCUT2D eigenvalue weighted by Gasteiger charge is -2.12. The highest BCUT2D eigenvalue weighted by atomic mass is 32.2. The van der Waals surface area contributed by atoms with E-state index in [1.807, 2.05) is 19.2 Å². The minimum atomic E-state index is -0.393. The van der Waals surface area contributed by atoms with Gasteiger partial charge in [0.25, 0.3) is 11.1 Å².